The van der Waals surface area contributed by atoms with Crippen LogP contribution in [0.25, 0.3) is 0 Å². The number of nitrogens with zero attached hydrogens (tertiary/aromatic N) is 1. The molecule has 8 heteroatoms. The Morgan fingerprint density at radius 2 is 2.33 bits per heavy atom. The van der Waals surface area contributed by atoms with Crippen LogP contribution in [-0.4, -0.2) is 37.7 Å². The fourth-order valence-corrected chi connectivity index (χ4v) is 3.40. The molecule has 1 aliphatic heterocycles. The van der Waals surface area contributed by atoms with Crippen molar-refractivity contribution >= 4 is 34.9 Å². The van der Waals surface area contributed by atoms with Crippen LogP contribution in [-0.2, 0) is 11.3 Å². The quantitative estimate of drug-likeness (QED) is 0.399. The van der Waals surface area contributed by atoms with Gasteiger partial charge in [-0.1, -0.05) is 6.07 Å². The zero-order chi connectivity index (χ0) is 18.9. The van der Waals surface area contributed by atoms with Crippen LogP contribution in [0.4, 0.5) is 0 Å². The lowest BCUT2D eigenvalue weighted by atomic mass is 10.2. The number of thiocarbonyl (C=S) groups is 1. The Balaban J connectivity index is 1.48. The van der Waals surface area contributed by atoms with Crippen LogP contribution < -0.4 is 20.2 Å². The summed E-state index contributed by atoms with van der Waals surface area (Å²) in [5.74, 6) is 1.36. The van der Waals surface area contributed by atoms with Crippen LogP contribution >= 0.6 is 23.6 Å². The number of methoxy groups -OCH3 is 1. The van der Waals surface area contributed by atoms with Crippen LogP contribution in [0.1, 0.15) is 23.3 Å². The van der Waals surface area contributed by atoms with Crippen molar-refractivity contribution in [3.05, 3.63) is 46.2 Å². The molecule has 2 N–H and O–H groups in total. The van der Waals surface area contributed by atoms with Gasteiger partial charge in [-0.2, -0.15) is 5.10 Å². The molecule has 1 aromatic heterocycles. The number of nitrogens with one attached hydrogen (secondary N) is 2. The van der Waals surface area contributed by atoms with Crippen molar-refractivity contribution < 1.29 is 14.2 Å². The largest absolute Gasteiger partial charge is 0.493 e. The number of ether oxygens (including phenoxy) is 3. The Hall–Kier alpha value is -2.16. The maximum Gasteiger partial charge on any atom is 0.187 e. The number of rotatable bonds is 8. The molecule has 1 aliphatic rings. The predicted molar refractivity (Wildman–Crippen MR) is 112 cm³/mol. The van der Waals surface area contributed by atoms with Crippen molar-refractivity contribution in [1.82, 2.24) is 10.7 Å². The molecule has 144 valence electrons. The van der Waals surface area contributed by atoms with Gasteiger partial charge in [0.25, 0.3) is 0 Å². The molecule has 0 unspecified atom stereocenters. The van der Waals surface area contributed by atoms with Crippen LogP contribution in [0, 0.1) is 0 Å². The molecule has 1 aromatic carbocycles. The second kappa shape index (κ2) is 10.2. The molecule has 0 radical (unpaired) electrons. The van der Waals surface area contributed by atoms with Gasteiger partial charge in [0.2, 0.25) is 0 Å². The molecule has 0 saturated carbocycles. The van der Waals surface area contributed by atoms with Crippen molar-refractivity contribution in [2.45, 2.75) is 25.6 Å². The summed E-state index contributed by atoms with van der Waals surface area (Å²) in [6.45, 7) is 2.05. The van der Waals surface area contributed by atoms with E-state index in [1.54, 1.807) is 24.7 Å². The number of hydrazone groups is 1. The Morgan fingerprint density at radius 1 is 1.41 bits per heavy atom. The van der Waals surface area contributed by atoms with Crippen molar-refractivity contribution in [1.29, 1.82) is 0 Å². The summed E-state index contributed by atoms with van der Waals surface area (Å²) in [6, 6.07) is 9.71. The molecule has 1 saturated heterocycles. The highest BCUT2D eigenvalue weighted by atomic mass is 32.1. The summed E-state index contributed by atoms with van der Waals surface area (Å²) in [7, 11) is 1.62. The van der Waals surface area contributed by atoms with E-state index in [-0.39, 0.29) is 6.10 Å². The normalized spacial score (nSPS) is 16.4. The number of hydrogen-bond acceptors (Lipinski definition) is 6. The first-order valence-electron chi connectivity index (χ1n) is 8.76. The molecule has 1 atom stereocenters. The highest BCUT2D eigenvalue weighted by Gasteiger charge is 2.15. The summed E-state index contributed by atoms with van der Waals surface area (Å²) in [4.78, 5) is 1.16. The van der Waals surface area contributed by atoms with Gasteiger partial charge in [-0.05, 0) is 60.3 Å². The van der Waals surface area contributed by atoms with Gasteiger partial charge in [-0.3, -0.25) is 5.43 Å². The fraction of sp³-hybridized carbons (Fsp3) is 0.368. The minimum Gasteiger partial charge on any atom is -0.493 e. The van der Waals surface area contributed by atoms with Crippen LogP contribution in [0.15, 0.2) is 40.8 Å². The van der Waals surface area contributed by atoms with E-state index >= 15 is 0 Å². The zero-order valence-electron chi connectivity index (χ0n) is 15.1. The minimum absolute atomic E-state index is 0.236. The first-order valence-corrected chi connectivity index (χ1v) is 10.0. The third-order valence-corrected chi connectivity index (χ3v) is 5.12. The third-order valence-electron chi connectivity index (χ3n) is 4.03. The smallest absolute Gasteiger partial charge is 0.187 e. The molecule has 0 aliphatic carbocycles. The molecule has 3 rings (SSSR count). The third kappa shape index (κ3) is 6.20. The SMILES string of the molecule is COc1cc(/C=N\NC(=S)NC[C@@H]2CCCO2)ccc1OCc1cccs1. The molecule has 0 spiro atoms. The molecule has 2 heterocycles. The van der Waals surface area contributed by atoms with Gasteiger partial charge in [-0.15, -0.1) is 11.3 Å². The number of hydrogen-bond donors (Lipinski definition) is 2. The average molecular weight is 406 g/mol. The fourth-order valence-electron chi connectivity index (χ4n) is 2.64. The summed E-state index contributed by atoms with van der Waals surface area (Å²) in [5, 5.41) is 9.78. The molecule has 2 aromatic rings. The predicted octanol–water partition coefficient (Wildman–Crippen LogP) is 3.31. The summed E-state index contributed by atoms with van der Waals surface area (Å²) >= 11 is 6.87. The second-order valence-corrected chi connectivity index (χ2v) is 7.43. The molecule has 6 nitrogen and oxygen atoms in total. The molecule has 0 bridgehead atoms. The van der Waals surface area contributed by atoms with E-state index in [0.29, 0.717) is 29.8 Å². The second-order valence-electron chi connectivity index (χ2n) is 5.99. The molecule has 0 amide bonds. The summed E-state index contributed by atoms with van der Waals surface area (Å²) in [5.41, 5.74) is 3.69. The van der Waals surface area contributed by atoms with Crippen molar-refractivity contribution in [3.8, 4) is 11.5 Å². The van der Waals surface area contributed by atoms with Crippen molar-refractivity contribution in [2.24, 2.45) is 5.10 Å². The van der Waals surface area contributed by atoms with Gasteiger partial charge in [-0.25, -0.2) is 0 Å². The topological polar surface area (TPSA) is 64.1 Å². The molecule has 1 fully saturated rings. The Bertz CT molecular complexity index is 760. The van der Waals surface area contributed by atoms with Gasteiger partial charge in [0.1, 0.15) is 6.61 Å². The molecular weight excluding hydrogens is 382 g/mol. The van der Waals surface area contributed by atoms with E-state index in [1.165, 1.54) is 0 Å². The van der Waals surface area contributed by atoms with E-state index in [9.17, 15) is 0 Å². The van der Waals surface area contributed by atoms with E-state index in [2.05, 4.69) is 15.8 Å². The lowest BCUT2D eigenvalue weighted by Gasteiger charge is -2.12. The maximum atomic E-state index is 5.83. The first-order chi connectivity index (χ1) is 13.2. The van der Waals surface area contributed by atoms with Crippen LogP contribution in [0.2, 0.25) is 0 Å². The number of benzene rings is 1. The standard InChI is InChI=1S/C19H23N3O3S2/c1-23-18-10-14(6-7-17(18)25-13-16-5-3-9-27-16)11-21-22-19(26)20-12-15-4-2-8-24-15/h3,5-7,9-11,15H,2,4,8,12-13H2,1H3,(H2,20,22,26)/b21-11-/t15-/m0/s1. The zero-order valence-corrected chi connectivity index (χ0v) is 16.8. The first kappa shape index (κ1) is 19.6. The van der Waals surface area contributed by atoms with Gasteiger partial charge >= 0.3 is 0 Å². The van der Waals surface area contributed by atoms with Crippen molar-refractivity contribution in [2.75, 3.05) is 20.3 Å². The highest BCUT2D eigenvalue weighted by molar-refractivity contribution is 7.80. The minimum atomic E-state index is 0.236. The lowest BCUT2D eigenvalue weighted by Crippen LogP contribution is -2.37. The van der Waals surface area contributed by atoms with E-state index < -0.39 is 0 Å². The van der Waals surface area contributed by atoms with Crippen LogP contribution in [0.3, 0.4) is 0 Å². The van der Waals surface area contributed by atoms with Gasteiger partial charge in [0.15, 0.2) is 16.6 Å². The monoisotopic (exact) mass is 405 g/mol. The summed E-state index contributed by atoms with van der Waals surface area (Å²) in [6.07, 6.45) is 4.10. The molecule has 27 heavy (non-hydrogen) atoms. The van der Waals surface area contributed by atoms with Crippen LogP contribution in [0.5, 0.6) is 11.5 Å². The van der Waals surface area contributed by atoms with Gasteiger partial charge < -0.3 is 19.5 Å². The Kier molecular flexibility index (Phi) is 7.44. The van der Waals surface area contributed by atoms with Gasteiger partial charge in [0, 0.05) is 18.0 Å². The average Bonchev–Trinajstić information content (AvgIpc) is 3.39. The van der Waals surface area contributed by atoms with Crippen molar-refractivity contribution in [3.63, 3.8) is 0 Å². The lowest BCUT2D eigenvalue weighted by molar-refractivity contribution is 0.114. The number of thiophene rings is 1. The highest BCUT2D eigenvalue weighted by Crippen LogP contribution is 2.28. The van der Waals surface area contributed by atoms with E-state index in [4.69, 9.17) is 26.4 Å². The summed E-state index contributed by atoms with van der Waals surface area (Å²) < 4.78 is 16.8. The Morgan fingerprint density at radius 3 is 3.07 bits per heavy atom. The van der Waals surface area contributed by atoms with Gasteiger partial charge in [0.05, 0.1) is 19.4 Å². The van der Waals surface area contributed by atoms with E-state index in [0.717, 1.165) is 29.9 Å². The van der Waals surface area contributed by atoms with E-state index in [1.807, 2.05) is 35.7 Å². The molecular formula is C19H23N3O3S2. The Labute approximate surface area is 168 Å². The maximum absolute atomic E-state index is 5.83.